The molecule has 0 aliphatic heterocycles. The molecule has 0 bridgehead atoms. The lowest BCUT2D eigenvalue weighted by Gasteiger charge is -2.11. The van der Waals surface area contributed by atoms with Crippen LogP contribution in [-0.4, -0.2) is 17.0 Å². The lowest BCUT2D eigenvalue weighted by atomic mass is 10.0. The van der Waals surface area contributed by atoms with Gasteiger partial charge >= 0.3 is 6.18 Å². The number of nitrogens with zero attached hydrogens (tertiary/aromatic N) is 2. The normalized spacial score (nSPS) is 11.8. The van der Waals surface area contributed by atoms with Crippen molar-refractivity contribution in [3.8, 4) is 11.3 Å². The van der Waals surface area contributed by atoms with Crippen molar-refractivity contribution in [1.82, 2.24) is 9.97 Å². The van der Waals surface area contributed by atoms with Crippen LogP contribution < -0.4 is 5.32 Å². The quantitative estimate of drug-likeness (QED) is 0.916. The Hall–Kier alpha value is -2.11. The molecular weight excluding hydrogens is 279 g/mol. The summed E-state index contributed by atoms with van der Waals surface area (Å²) in [7, 11) is 1.52. The molecule has 0 fully saturated rings. The van der Waals surface area contributed by atoms with Crippen LogP contribution in [0.15, 0.2) is 30.3 Å². The number of rotatable bonds is 3. The van der Waals surface area contributed by atoms with Crippen LogP contribution >= 0.6 is 0 Å². The summed E-state index contributed by atoms with van der Waals surface area (Å²) >= 11 is 0. The lowest BCUT2D eigenvalue weighted by molar-refractivity contribution is -0.144. The molecular formula is C15H16F3N3. The number of anilines is 1. The van der Waals surface area contributed by atoms with Gasteiger partial charge in [0.2, 0.25) is 5.82 Å². The first kappa shape index (κ1) is 15.3. The molecule has 2 aromatic rings. The van der Waals surface area contributed by atoms with Gasteiger partial charge in [-0.25, -0.2) is 9.97 Å². The monoisotopic (exact) mass is 295 g/mol. The van der Waals surface area contributed by atoms with E-state index in [-0.39, 0.29) is 11.5 Å². The summed E-state index contributed by atoms with van der Waals surface area (Å²) in [5, 5.41) is 2.63. The fourth-order valence-electron chi connectivity index (χ4n) is 1.89. The molecule has 6 heteroatoms. The van der Waals surface area contributed by atoms with E-state index >= 15 is 0 Å². The molecule has 0 amide bonds. The zero-order valence-corrected chi connectivity index (χ0v) is 12.0. The molecule has 0 atom stereocenters. The highest BCUT2D eigenvalue weighted by Gasteiger charge is 2.35. The molecule has 3 nitrogen and oxygen atoms in total. The van der Waals surface area contributed by atoms with Crippen LogP contribution in [-0.2, 0) is 6.18 Å². The molecule has 0 saturated carbocycles. The lowest BCUT2D eigenvalue weighted by Crippen LogP contribution is -2.13. The van der Waals surface area contributed by atoms with Crippen LogP contribution in [0.2, 0.25) is 0 Å². The van der Waals surface area contributed by atoms with Crippen molar-refractivity contribution in [3.05, 3.63) is 41.7 Å². The molecule has 0 spiro atoms. The van der Waals surface area contributed by atoms with Crippen molar-refractivity contribution in [2.24, 2.45) is 0 Å². The van der Waals surface area contributed by atoms with Crippen LogP contribution in [0.3, 0.4) is 0 Å². The highest BCUT2D eigenvalue weighted by Crippen LogP contribution is 2.30. The Bertz CT molecular complexity index is 619. The van der Waals surface area contributed by atoms with Gasteiger partial charge in [0.05, 0.1) is 5.69 Å². The van der Waals surface area contributed by atoms with Gasteiger partial charge in [-0.15, -0.1) is 0 Å². The van der Waals surface area contributed by atoms with Gasteiger partial charge in [0, 0.05) is 18.7 Å². The second-order valence-corrected chi connectivity index (χ2v) is 4.99. The van der Waals surface area contributed by atoms with Gasteiger partial charge in [-0.2, -0.15) is 13.2 Å². The van der Waals surface area contributed by atoms with E-state index in [0.717, 1.165) is 5.56 Å². The molecule has 0 aliphatic carbocycles. The highest BCUT2D eigenvalue weighted by molar-refractivity contribution is 5.63. The minimum Gasteiger partial charge on any atom is -0.373 e. The Labute approximate surface area is 121 Å². The second kappa shape index (κ2) is 5.71. The number of benzene rings is 1. The molecule has 1 aromatic carbocycles. The number of aromatic nitrogens is 2. The van der Waals surface area contributed by atoms with Crippen molar-refractivity contribution in [2.75, 3.05) is 12.4 Å². The SMILES string of the molecule is CNc1cc(-c2ccc(C(C)C)cc2)nc(C(F)(F)F)n1. The summed E-state index contributed by atoms with van der Waals surface area (Å²) in [6.07, 6.45) is -4.57. The van der Waals surface area contributed by atoms with Crippen molar-refractivity contribution in [2.45, 2.75) is 25.9 Å². The smallest absolute Gasteiger partial charge is 0.373 e. The van der Waals surface area contributed by atoms with Crippen LogP contribution in [0.25, 0.3) is 11.3 Å². The van der Waals surface area contributed by atoms with Gasteiger partial charge in [-0.05, 0) is 11.5 Å². The molecule has 112 valence electrons. The first-order chi connectivity index (χ1) is 9.81. The molecule has 0 saturated heterocycles. The topological polar surface area (TPSA) is 37.8 Å². The Morgan fingerprint density at radius 1 is 1.05 bits per heavy atom. The first-order valence-corrected chi connectivity index (χ1v) is 6.55. The fourth-order valence-corrected chi connectivity index (χ4v) is 1.89. The van der Waals surface area contributed by atoms with Crippen molar-refractivity contribution in [3.63, 3.8) is 0 Å². The molecule has 1 N–H and O–H groups in total. The number of alkyl halides is 3. The van der Waals surface area contributed by atoms with Gasteiger partial charge < -0.3 is 5.32 Å². The van der Waals surface area contributed by atoms with Crippen molar-refractivity contribution < 1.29 is 13.2 Å². The summed E-state index contributed by atoms with van der Waals surface area (Å²) in [4.78, 5) is 7.07. The predicted octanol–water partition coefficient (Wildman–Crippen LogP) is 4.33. The van der Waals surface area contributed by atoms with Crippen LogP contribution in [0.5, 0.6) is 0 Å². The average Bonchev–Trinajstić information content (AvgIpc) is 2.46. The van der Waals surface area contributed by atoms with Crippen LogP contribution in [0.1, 0.15) is 31.2 Å². The molecule has 1 heterocycles. The molecule has 0 radical (unpaired) electrons. The average molecular weight is 295 g/mol. The summed E-state index contributed by atoms with van der Waals surface area (Å²) in [5.41, 5.74) is 2.00. The third-order valence-corrected chi connectivity index (χ3v) is 3.11. The second-order valence-electron chi connectivity index (χ2n) is 4.99. The van der Waals surface area contributed by atoms with Crippen LogP contribution in [0, 0.1) is 0 Å². The summed E-state index contributed by atoms with van der Waals surface area (Å²) in [6.45, 7) is 4.11. The van der Waals surface area contributed by atoms with Crippen molar-refractivity contribution in [1.29, 1.82) is 0 Å². The molecule has 21 heavy (non-hydrogen) atoms. The summed E-state index contributed by atoms with van der Waals surface area (Å²) in [6, 6.07) is 8.84. The van der Waals surface area contributed by atoms with E-state index in [2.05, 4.69) is 29.1 Å². The number of halogens is 3. The van der Waals surface area contributed by atoms with E-state index < -0.39 is 12.0 Å². The Kier molecular flexibility index (Phi) is 4.16. The Balaban J connectivity index is 2.47. The molecule has 2 rings (SSSR count). The van der Waals surface area contributed by atoms with Gasteiger partial charge in [-0.1, -0.05) is 38.1 Å². The van der Waals surface area contributed by atoms with Gasteiger partial charge in [0.15, 0.2) is 0 Å². The zero-order chi connectivity index (χ0) is 15.6. The number of hydrogen-bond donors (Lipinski definition) is 1. The van der Waals surface area contributed by atoms with E-state index in [1.54, 1.807) is 12.1 Å². The molecule has 1 aromatic heterocycles. The highest BCUT2D eigenvalue weighted by atomic mass is 19.4. The van der Waals surface area contributed by atoms with E-state index in [1.807, 2.05) is 12.1 Å². The third-order valence-electron chi connectivity index (χ3n) is 3.11. The first-order valence-electron chi connectivity index (χ1n) is 6.55. The zero-order valence-electron chi connectivity index (χ0n) is 12.0. The van der Waals surface area contributed by atoms with E-state index in [4.69, 9.17) is 0 Å². The van der Waals surface area contributed by atoms with Gasteiger partial charge in [0.1, 0.15) is 5.82 Å². The third kappa shape index (κ3) is 3.51. The summed E-state index contributed by atoms with van der Waals surface area (Å²) in [5.74, 6) is -0.638. The van der Waals surface area contributed by atoms with Crippen LogP contribution in [0.4, 0.5) is 19.0 Å². The fraction of sp³-hybridized carbons (Fsp3) is 0.333. The number of nitrogens with one attached hydrogen (secondary N) is 1. The largest absolute Gasteiger partial charge is 0.451 e. The van der Waals surface area contributed by atoms with E-state index in [9.17, 15) is 13.2 Å². The minimum atomic E-state index is -4.57. The van der Waals surface area contributed by atoms with Gasteiger partial charge in [0.25, 0.3) is 0 Å². The molecule has 0 aliphatic rings. The van der Waals surface area contributed by atoms with Crippen molar-refractivity contribution >= 4 is 5.82 Å². The molecule has 0 unspecified atom stereocenters. The van der Waals surface area contributed by atoms with E-state index in [0.29, 0.717) is 11.5 Å². The summed E-state index contributed by atoms with van der Waals surface area (Å²) < 4.78 is 38.5. The Morgan fingerprint density at radius 2 is 1.67 bits per heavy atom. The van der Waals surface area contributed by atoms with E-state index in [1.165, 1.54) is 13.1 Å². The predicted molar refractivity (Wildman–Crippen MR) is 76.1 cm³/mol. The maximum absolute atomic E-state index is 12.8. The maximum atomic E-state index is 12.8. The number of hydrogen-bond acceptors (Lipinski definition) is 3. The van der Waals surface area contributed by atoms with Gasteiger partial charge in [-0.3, -0.25) is 0 Å². The maximum Gasteiger partial charge on any atom is 0.451 e. The Morgan fingerprint density at radius 3 is 2.14 bits per heavy atom. The standard InChI is InChI=1S/C15H16F3N3/c1-9(2)10-4-6-11(7-5-10)12-8-13(19-3)21-14(20-12)15(16,17)18/h4-9H,1-3H3,(H,19,20,21). The minimum absolute atomic E-state index is 0.139.